The van der Waals surface area contributed by atoms with E-state index in [0.717, 1.165) is 21.6 Å². The molecule has 0 fully saturated rings. The van der Waals surface area contributed by atoms with Crippen LogP contribution in [-0.2, 0) is 0 Å². The van der Waals surface area contributed by atoms with Crippen molar-refractivity contribution < 1.29 is 0 Å². The first-order valence-corrected chi connectivity index (χ1v) is 5.90. The summed E-state index contributed by atoms with van der Waals surface area (Å²) in [5.41, 5.74) is 0.961. The normalized spacial score (nSPS) is 11.5. The average Bonchev–Trinajstić information content (AvgIpc) is 2.20. The number of hydrogen-bond acceptors (Lipinski definition) is 3. The Balaban J connectivity index is 2.63. The number of nitrogens with zero attached hydrogens (tertiary/aromatic N) is 1. The third-order valence-electron chi connectivity index (χ3n) is 1.47. The van der Waals surface area contributed by atoms with E-state index in [1.807, 2.05) is 24.3 Å². The first-order valence-electron chi connectivity index (χ1n) is 4.13. The molecule has 0 amide bonds. The molecule has 0 aliphatic heterocycles. The summed E-state index contributed by atoms with van der Waals surface area (Å²) in [5.74, 6) is 0.958. The average molecular weight is 247 g/mol. The van der Waals surface area contributed by atoms with Crippen LogP contribution in [0.1, 0.15) is 6.92 Å². The molecule has 0 heterocycles. The van der Waals surface area contributed by atoms with Crippen LogP contribution in [0.3, 0.4) is 0 Å². The van der Waals surface area contributed by atoms with E-state index in [4.69, 9.17) is 11.6 Å². The van der Waals surface area contributed by atoms with Gasteiger partial charge in [0.1, 0.15) is 0 Å². The van der Waals surface area contributed by atoms with E-state index in [0.29, 0.717) is 0 Å². The third-order valence-corrected chi connectivity index (χ3v) is 2.81. The minimum absolute atomic E-state index is 0.725. The molecule has 14 heavy (non-hydrogen) atoms. The molecule has 0 spiro atoms. The monoisotopic (exact) mass is 246 g/mol. The highest BCUT2D eigenvalue weighted by molar-refractivity contribution is 8.14. The molecule has 76 valence electrons. The zero-order valence-electron chi connectivity index (χ0n) is 7.70. The van der Waals surface area contributed by atoms with E-state index < -0.39 is 0 Å². The fourth-order valence-electron chi connectivity index (χ4n) is 0.883. The largest absolute Gasteiger partial charge is 0.334 e. The van der Waals surface area contributed by atoms with Gasteiger partial charge in [0.25, 0.3) is 0 Å². The molecule has 0 saturated heterocycles. The van der Waals surface area contributed by atoms with Crippen LogP contribution >= 0.6 is 36.2 Å². The van der Waals surface area contributed by atoms with E-state index in [9.17, 15) is 0 Å². The van der Waals surface area contributed by atoms with Gasteiger partial charge in [-0.2, -0.15) is 4.40 Å². The summed E-state index contributed by atoms with van der Waals surface area (Å²) in [4.78, 5) is 0. The highest BCUT2D eigenvalue weighted by Crippen LogP contribution is 2.15. The van der Waals surface area contributed by atoms with Crippen LogP contribution in [0.15, 0.2) is 28.7 Å². The van der Waals surface area contributed by atoms with E-state index in [-0.39, 0.29) is 0 Å². The molecule has 5 heteroatoms. The lowest BCUT2D eigenvalue weighted by atomic mass is 10.3. The topological polar surface area (TPSA) is 24.4 Å². The SMILES string of the molecule is CCS/C(=N/S)Nc1ccc(Cl)cc1. The van der Waals surface area contributed by atoms with E-state index in [2.05, 4.69) is 29.5 Å². The summed E-state index contributed by atoms with van der Waals surface area (Å²) in [7, 11) is 0. The number of thiol groups is 1. The van der Waals surface area contributed by atoms with Crippen LogP contribution < -0.4 is 5.32 Å². The fraction of sp³-hybridized carbons (Fsp3) is 0.222. The summed E-state index contributed by atoms with van der Waals surface area (Å²) in [6.45, 7) is 2.06. The maximum Gasteiger partial charge on any atom is 0.172 e. The number of benzene rings is 1. The first-order chi connectivity index (χ1) is 6.76. The number of amidine groups is 1. The van der Waals surface area contributed by atoms with Crippen LogP contribution in [-0.4, -0.2) is 10.9 Å². The van der Waals surface area contributed by atoms with Gasteiger partial charge in [0.15, 0.2) is 5.17 Å². The zero-order chi connectivity index (χ0) is 10.4. The van der Waals surface area contributed by atoms with Crippen LogP contribution in [0.25, 0.3) is 0 Å². The number of anilines is 1. The van der Waals surface area contributed by atoms with Crippen molar-refractivity contribution in [2.75, 3.05) is 11.1 Å². The summed E-state index contributed by atoms with van der Waals surface area (Å²) >= 11 is 11.2. The molecule has 0 atom stereocenters. The Morgan fingerprint density at radius 3 is 2.64 bits per heavy atom. The third kappa shape index (κ3) is 3.82. The van der Waals surface area contributed by atoms with Crippen LogP contribution in [0.5, 0.6) is 0 Å². The molecule has 2 nitrogen and oxygen atoms in total. The van der Waals surface area contributed by atoms with Crippen molar-refractivity contribution in [1.82, 2.24) is 0 Å². The Morgan fingerprint density at radius 2 is 2.14 bits per heavy atom. The maximum absolute atomic E-state index is 5.76. The quantitative estimate of drug-likeness (QED) is 0.472. The lowest BCUT2D eigenvalue weighted by Crippen LogP contribution is -2.06. The van der Waals surface area contributed by atoms with Crippen LogP contribution in [0.2, 0.25) is 5.02 Å². The van der Waals surface area contributed by atoms with Gasteiger partial charge in [0, 0.05) is 10.7 Å². The maximum atomic E-state index is 5.76. The van der Waals surface area contributed by atoms with Crippen LogP contribution in [0.4, 0.5) is 5.69 Å². The smallest absolute Gasteiger partial charge is 0.172 e. The predicted molar refractivity (Wildman–Crippen MR) is 69.6 cm³/mol. The van der Waals surface area contributed by atoms with Crippen molar-refractivity contribution in [1.29, 1.82) is 0 Å². The van der Waals surface area contributed by atoms with Gasteiger partial charge in [-0.05, 0) is 42.8 Å². The molecule has 1 rings (SSSR count). The second-order valence-electron chi connectivity index (χ2n) is 2.47. The molecule has 0 aliphatic carbocycles. The first kappa shape index (κ1) is 11.8. The Labute approximate surface area is 98.7 Å². The number of rotatable bonds is 2. The minimum Gasteiger partial charge on any atom is -0.334 e. The highest BCUT2D eigenvalue weighted by atomic mass is 35.5. The summed E-state index contributed by atoms with van der Waals surface area (Å²) in [6, 6.07) is 7.46. The molecular formula is C9H11ClN2S2. The molecular weight excluding hydrogens is 236 g/mol. The molecule has 0 unspecified atom stereocenters. The molecule has 1 N–H and O–H groups in total. The molecule has 0 aromatic heterocycles. The zero-order valence-corrected chi connectivity index (χ0v) is 10.2. The fourth-order valence-corrected chi connectivity index (χ4v) is 1.75. The lowest BCUT2D eigenvalue weighted by Gasteiger charge is -2.06. The number of nitrogens with one attached hydrogen (secondary N) is 1. The summed E-state index contributed by atoms with van der Waals surface area (Å²) in [5, 5.41) is 4.65. The van der Waals surface area contributed by atoms with Crippen LogP contribution in [0, 0.1) is 0 Å². The van der Waals surface area contributed by atoms with E-state index >= 15 is 0 Å². The number of hydrogen-bond donors (Lipinski definition) is 2. The van der Waals surface area contributed by atoms with Gasteiger partial charge in [0.05, 0.1) is 0 Å². The Morgan fingerprint density at radius 1 is 1.50 bits per heavy atom. The van der Waals surface area contributed by atoms with Gasteiger partial charge in [0.2, 0.25) is 0 Å². The predicted octanol–water partition coefficient (Wildman–Crippen LogP) is 3.71. The van der Waals surface area contributed by atoms with E-state index in [1.165, 1.54) is 0 Å². The van der Waals surface area contributed by atoms with Crippen molar-refractivity contribution in [2.24, 2.45) is 4.40 Å². The second kappa shape index (κ2) is 6.22. The van der Waals surface area contributed by atoms with Crippen molar-refractivity contribution in [3.8, 4) is 0 Å². The lowest BCUT2D eigenvalue weighted by molar-refractivity contribution is 1.53. The highest BCUT2D eigenvalue weighted by Gasteiger charge is 1.98. The molecule has 0 saturated carbocycles. The number of thioether (sulfide) groups is 1. The Bertz CT molecular complexity index is 311. The minimum atomic E-state index is 0.725. The molecule has 0 radical (unpaired) electrons. The van der Waals surface area contributed by atoms with Crippen molar-refractivity contribution >= 4 is 47.0 Å². The van der Waals surface area contributed by atoms with Crippen molar-refractivity contribution in [3.63, 3.8) is 0 Å². The summed E-state index contributed by atoms with van der Waals surface area (Å²) < 4.78 is 3.83. The van der Waals surface area contributed by atoms with Gasteiger partial charge < -0.3 is 5.32 Å². The standard InChI is InChI=1S/C9H11ClN2S2/c1-2-14-9(12-13)11-8-5-3-7(10)4-6-8/h3-6,13H,2H2,1H3,(H,11,12). The number of halogens is 1. The van der Waals surface area contributed by atoms with E-state index in [1.54, 1.807) is 11.8 Å². The van der Waals surface area contributed by atoms with Crippen molar-refractivity contribution in [2.45, 2.75) is 6.92 Å². The molecule has 1 aromatic rings. The van der Waals surface area contributed by atoms with Gasteiger partial charge in [-0.1, -0.05) is 30.3 Å². The summed E-state index contributed by atoms with van der Waals surface area (Å²) in [6.07, 6.45) is 0. The van der Waals surface area contributed by atoms with Gasteiger partial charge in [-0.25, -0.2) is 0 Å². The Hall–Kier alpha value is -0.320. The Kier molecular flexibility index (Phi) is 5.22. The molecule has 1 aromatic carbocycles. The van der Waals surface area contributed by atoms with Gasteiger partial charge in [-0.3, -0.25) is 0 Å². The van der Waals surface area contributed by atoms with Crippen molar-refractivity contribution in [3.05, 3.63) is 29.3 Å². The van der Waals surface area contributed by atoms with Gasteiger partial charge in [-0.15, -0.1) is 0 Å². The molecule has 0 bridgehead atoms. The molecule has 0 aliphatic rings. The second-order valence-corrected chi connectivity index (χ2v) is 4.36. The van der Waals surface area contributed by atoms with Gasteiger partial charge >= 0.3 is 0 Å².